The summed E-state index contributed by atoms with van der Waals surface area (Å²) in [6.07, 6.45) is 4.85. The standard InChI is InChI=1S/C16H22F3N/c1-10(2)9-16(7-3-4-8-16)15(20)11-5-6-12(17)14(19)13(11)18/h5-6,10,15H,3-4,7-9,20H2,1-2H3. The molecule has 2 N–H and O–H groups in total. The van der Waals surface area contributed by atoms with E-state index in [-0.39, 0.29) is 11.0 Å². The van der Waals surface area contributed by atoms with E-state index in [4.69, 9.17) is 5.73 Å². The zero-order valence-corrected chi connectivity index (χ0v) is 12.1. The summed E-state index contributed by atoms with van der Waals surface area (Å²) in [5.41, 5.74) is 6.18. The molecule has 0 radical (unpaired) electrons. The summed E-state index contributed by atoms with van der Waals surface area (Å²) in [6.45, 7) is 4.21. The highest BCUT2D eigenvalue weighted by Gasteiger charge is 2.41. The van der Waals surface area contributed by atoms with Gasteiger partial charge in [0.2, 0.25) is 0 Å². The first-order valence-electron chi connectivity index (χ1n) is 7.26. The number of hydrogen-bond acceptors (Lipinski definition) is 1. The lowest BCUT2D eigenvalue weighted by Crippen LogP contribution is -2.34. The van der Waals surface area contributed by atoms with Gasteiger partial charge in [-0.3, -0.25) is 0 Å². The molecule has 4 heteroatoms. The third kappa shape index (κ3) is 2.71. The topological polar surface area (TPSA) is 26.0 Å². The van der Waals surface area contributed by atoms with Crippen molar-refractivity contribution in [2.24, 2.45) is 17.1 Å². The lowest BCUT2D eigenvalue weighted by molar-refractivity contribution is 0.179. The smallest absolute Gasteiger partial charge is 0.194 e. The quantitative estimate of drug-likeness (QED) is 0.797. The molecule has 0 heterocycles. The van der Waals surface area contributed by atoms with Crippen LogP contribution in [-0.4, -0.2) is 0 Å². The Labute approximate surface area is 118 Å². The molecule has 0 aromatic heterocycles. The van der Waals surface area contributed by atoms with Gasteiger partial charge in [0.1, 0.15) is 0 Å². The third-order valence-electron chi connectivity index (χ3n) is 4.47. The van der Waals surface area contributed by atoms with E-state index in [9.17, 15) is 13.2 Å². The molecule has 0 bridgehead atoms. The second kappa shape index (κ2) is 5.76. The summed E-state index contributed by atoms with van der Waals surface area (Å²) in [5.74, 6) is -3.28. The van der Waals surface area contributed by atoms with Gasteiger partial charge in [0.15, 0.2) is 17.5 Å². The van der Waals surface area contributed by atoms with E-state index in [0.717, 1.165) is 38.2 Å². The Morgan fingerprint density at radius 3 is 2.25 bits per heavy atom. The van der Waals surface area contributed by atoms with Crippen LogP contribution in [-0.2, 0) is 0 Å². The Morgan fingerprint density at radius 2 is 1.70 bits per heavy atom. The van der Waals surface area contributed by atoms with Gasteiger partial charge in [-0.25, -0.2) is 13.2 Å². The third-order valence-corrected chi connectivity index (χ3v) is 4.47. The van der Waals surface area contributed by atoms with Crippen LogP contribution >= 0.6 is 0 Å². The first kappa shape index (κ1) is 15.4. The van der Waals surface area contributed by atoms with Gasteiger partial charge in [0.05, 0.1) is 0 Å². The van der Waals surface area contributed by atoms with E-state index in [1.807, 2.05) is 0 Å². The van der Waals surface area contributed by atoms with Crippen molar-refractivity contribution in [3.63, 3.8) is 0 Å². The van der Waals surface area contributed by atoms with Crippen molar-refractivity contribution in [3.05, 3.63) is 35.1 Å². The molecule has 1 saturated carbocycles. The Morgan fingerprint density at radius 1 is 1.10 bits per heavy atom. The van der Waals surface area contributed by atoms with Crippen molar-refractivity contribution in [3.8, 4) is 0 Å². The molecule has 1 aromatic carbocycles. The average Bonchev–Trinajstić information content (AvgIpc) is 2.84. The Balaban J connectivity index is 2.38. The lowest BCUT2D eigenvalue weighted by Gasteiger charge is -2.37. The van der Waals surface area contributed by atoms with Gasteiger partial charge in [0.25, 0.3) is 0 Å². The van der Waals surface area contributed by atoms with E-state index in [1.54, 1.807) is 0 Å². The van der Waals surface area contributed by atoms with Crippen LogP contribution in [0.5, 0.6) is 0 Å². The van der Waals surface area contributed by atoms with Gasteiger partial charge in [-0.2, -0.15) is 0 Å². The molecule has 1 aromatic rings. The summed E-state index contributed by atoms with van der Waals surface area (Å²) in [6, 6.07) is 1.67. The summed E-state index contributed by atoms with van der Waals surface area (Å²) in [7, 11) is 0. The van der Waals surface area contributed by atoms with E-state index in [0.29, 0.717) is 5.92 Å². The maximum atomic E-state index is 14.0. The Hall–Kier alpha value is -1.03. The molecule has 0 amide bonds. The molecule has 0 spiro atoms. The monoisotopic (exact) mass is 285 g/mol. The number of hydrogen-bond donors (Lipinski definition) is 1. The first-order valence-corrected chi connectivity index (χ1v) is 7.26. The molecule has 1 aliphatic rings. The second-order valence-corrected chi connectivity index (χ2v) is 6.41. The predicted molar refractivity (Wildman–Crippen MR) is 73.6 cm³/mol. The van der Waals surface area contributed by atoms with E-state index in [2.05, 4.69) is 13.8 Å². The molecule has 1 fully saturated rings. The van der Waals surface area contributed by atoms with Crippen LogP contribution in [0.4, 0.5) is 13.2 Å². The maximum Gasteiger partial charge on any atom is 0.194 e. The van der Waals surface area contributed by atoms with Crippen LogP contribution in [0.15, 0.2) is 12.1 Å². The predicted octanol–water partition coefficient (Wildman–Crippen LogP) is 4.71. The first-order chi connectivity index (χ1) is 9.37. The van der Waals surface area contributed by atoms with Crippen LogP contribution in [0.1, 0.15) is 57.6 Å². The zero-order chi connectivity index (χ0) is 14.9. The number of halogens is 3. The minimum atomic E-state index is -1.42. The van der Waals surface area contributed by atoms with Crippen molar-refractivity contribution in [2.75, 3.05) is 0 Å². The fraction of sp³-hybridized carbons (Fsp3) is 0.625. The molecule has 0 saturated heterocycles. The van der Waals surface area contributed by atoms with Gasteiger partial charge in [-0.15, -0.1) is 0 Å². The average molecular weight is 285 g/mol. The van der Waals surface area contributed by atoms with Crippen LogP contribution in [0.2, 0.25) is 0 Å². The van der Waals surface area contributed by atoms with Gasteiger partial charge < -0.3 is 5.73 Å². The number of benzene rings is 1. The highest BCUT2D eigenvalue weighted by atomic mass is 19.2. The van der Waals surface area contributed by atoms with E-state index in [1.165, 1.54) is 6.07 Å². The van der Waals surface area contributed by atoms with Crippen molar-refractivity contribution in [2.45, 2.75) is 52.0 Å². The van der Waals surface area contributed by atoms with Crippen LogP contribution < -0.4 is 5.73 Å². The van der Waals surface area contributed by atoms with E-state index >= 15 is 0 Å². The number of nitrogens with two attached hydrogens (primary N) is 1. The Kier molecular flexibility index (Phi) is 4.43. The Bertz CT molecular complexity index is 479. The van der Waals surface area contributed by atoms with Crippen LogP contribution in [0, 0.1) is 28.8 Å². The van der Waals surface area contributed by atoms with Crippen molar-refractivity contribution in [1.82, 2.24) is 0 Å². The SMILES string of the molecule is CC(C)CC1(C(N)c2ccc(F)c(F)c2F)CCCC1. The second-order valence-electron chi connectivity index (χ2n) is 6.41. The van der Waals surface area contributed by atoms with E-state index < -0.39 is 23.5 Å². The largest absolute Gasteiger partial charge is 0.323 e. The molecule has 20 heavy (non-hydrogen) atoms. The van der Waals surface area contributed by atoms with Gasteiger partial charge in [-0.05, 0) is 36.7 Å². The lowest BCUT2D eigenvalue weighted by atomic mass is 9.70. The molecular weight excluding hydrogens is 263 g/mol. The molecular formula is C16H22F3N. The molecule has 2 rings (SSSR count). The zero-order valence-electron chi connectivity index (χ0n) is 12.1. The van der Waals surface area contributed by atoms with Gasteiger partial charge >= 0.3 is 0 Å². The molecule has 1 aliphatic carbocycles. The van der Waals surface area contributed by atoms with Crippen molar-refractivity contribution in [1.29, 1.82) is 0 Å². The highest BCUT2D eigenvalue weighted by molar-refractivity contribution is 5.25. The van der Waals surface area contributed by atoms with Crippen molar-refractivity contribution < 1.29 is 13.2 Å². The molecule has 1 atom stereocenters. The molecule has 1 unspecified atom stereocenters. The molecule has 112 valence electrons. The van der Waals surface area contributed by atoms with Gasteiger partial charge in [0, 0.05) is 11.6 Å². The van der Waals surface area contributed by atoms with Crippen molar-refractivity contribution >= 4 is 0 Å². The summed E-state index contributed by atoms with van der Waals surface area (Å²) in [5, 5.41) is 0. The van der Waals surface area contributed by atoms with Crippen LogP contribution in [0.3, 0.4) is 0 Å². The number of rotatable bonds is 4. The highest BCUT2D eigenvalue weighted by Crippen LogP contribution is 2.51. The normalized spacial score (nSPS) is 19.6. The summed E-state index contributed by atoms with van der Waals surface area (Å²) in [4.78, 5) is 0. The maximum absolute atomic E-state index is 14.0. The fourth-order valence-corrected chi connectivity index (χ4v) is 3.65. The minimum Gasteiger partial charge on any atom is -0.323 e. The van der Waals surface area contributed by atoms with Crippen LogP contribution in [0.25, 0.3) is 0 Å². The summed E-state index contributed by atoms with van der Waals surface area (Å²) >= 11 is 0. The van der Waals surface area contributed by atoms with Gasteiger partial charge in [-0.1, -0.05) is 32.8 Å². The minimum absolute atomic E-state index is 0.103. The summed E-state index contributed by atoms with van der Waals surface area (Å²) < 4.78 is 40.4. The molecule has 1 nitrogen and oxygen atoms in total. The fourth-order valence-electron chi connectivity index (χ4n) is 3.65. The molecule has 0 aliphatic heterocycles.